The molecular weight excluding hydrogens is 280 g/mol. The van der Waals surface area contributed by atoms with Gasteiger partial charge in [0.25, 0.3) is 0 Å². The highest BCUT2D eigenvalue weighted by atomic mass is 16.5. The SMILES string of the molecule is COc1ccnc(/C=N/N(C(C)=O)c2ccc(C)cc2C)n1. The molecule has 0 spiro atoms. The van der Waals surface area contributed by atoms with E-state index in [9.17, 15) is 4.79 Å². The Hall–Kier alpha value is -2.76. The number of carbonyl (C=O) groups excluding carboxylic acids is 1. The lowest BCUT2D eigenvalue weighted by Crippen LogP contribution is -2.23. The van der Waals surface area contributed by atoms with E-state index in [2.05, 4.69) is 15.1 Å². The predicted molar refractivity (Wildman–Crippen MR) is 85.3 cm³/mol. The fourth-order valence-electron chi connectivity index (χ4n) is 2.00. The van der Waals surface area contributed by atoms with Gasteiger partial charge in [-0.3, -0.25) is 4.79 Å². The Morgan fingerprint density at radius 2 is 2.09 bits per heavy atom. The van der Waals surface area contributed by atoms with Crippen LogP contribution in [-0.4, -0.2) is 29.2 Å². The normalized spacial score (nSPS) is 10.7. The van der Waals surface area contributed by atoms with Gasteiger partial charge in [-0.05, 0) is 25.5 Å². The number of hydrogen-bond donors (Lipinski definition) is 0. The van der Waals surface area contributed by atoms with E-state index in [1.807, 2.05) is 32.0 Å². The molecule has 1 aromatic carbocycles. The lowest BCUT2D eigenvalue weighted by Gasteiger charge is -2.17. The van der Waals surface area contributed by atoms with E-state index in [1.54, 1.807) is 12.3 Å². The zero-order valence-corrected chi connectivity index (χ0v) is 13.1. The lowest BCUT2D eigenvalue weighted by molar-refractivity contribution is -0.116. The van der Waals surface area contributed by atoms with Crippen molar-refractivity contribution in [3.05, 3.63) is 47.4 Å². The van der Waals surface area contributed by atoms with Gasteiger partial charge in [-0.1, -0.05) is 17.7 Å². The minimum Gasteiger partial charge on any atom is -0.481 e. The largest absolute Gasteiger partial charge is 0.481 e. The van der Waals surface area contributed by atoms with Gasteiger partial charge in [0.1, 0.15) is 0 Å². The molecule has 6 nitrogen and oxygen atoms in total. The van der Waals surface area contributed by atoms with Gasteiger partial charge in [-0.25, -0.2) is 9.99 Å². The summed E-state index contributed by atoms with van der Waals surface area (Å²) in [4.78, 5) is 20.1. The van der Waals surface area contributed by atoms with Gasteiger partial charge >= 0.3 is 0 Å². The molecule has 0 saturated heterocycles. The zero-order valence-electron chi connectivity index (χ0n) is 13.1. The topological polar surface area (TPSA) is 67.7 Å². The Morgan fingerprint density at radius 3 is 2.73 bits per heavy atom. The first-order chi connectivity index (χ1) is 10.5. The monoisotopic (exact) mass is 298 g/mol. The number of rotatable bonds is 4. The summed E-state index contributed by atoms with van der Waals surface area (Å²) in [7, 11) is 1.53. The maximum absolute atomic E-state index is 11.9. The van der Waals surface area contributed by atoms with Crippen molar-refractivity contribution in [2.45, 2.75) is 20.8 Å². The number of anilines is 1. The molecule has 2 aromatic rings. The van der Waals surface area contributed by atoms with Crippen LogP contribution in [0.4, 0.5) is 5.69 Å². The summed E-state index contributed by atoms with van der Waals surface area (Å²) in [6.07, 6.45) is 3.01. The van der Waals surface area contributed by atoms with Gasteiger partial charge in [0.2, 0.25) is 11.8 Å². The van der Waals surface area contributed by atoms with Crippen LogP contribution in [0, 0.1) is 13.8 Å². The Morgan fingerprint density at radius 1 is 1.32 bits per heavy atom. The standard InChI is InChI=1S/C16H18N4O2/c1-11-5-6-14(12(2)9-11)20(13(3)21)18-10-15-17-8-7-16(19-15)22-4/h5-10H,1-4H3/b18-10+. The minimum atomic E-state index is -0.189. The molecule has 2 rings (SSSR count). The number of aromatic nitrogens is 2. The molecule has 0 fully saturated rings. The number of methoxy groups -OCH3 is 1. The third-order valence-electron chi connectivity index (χ3n) is 3.03. The Labute approximate surface area is 129 Å². The van der Waals surface area contributed by atoms with Crippen molar-refractivity contribution in [1.29, 1.82) is 0 Å². The Kier molecular flexibility index (Phi) is 4.83. The number of carbonyl (C=O) groups is 1. The van der Waals surface area contributed by atoms with Crippen LogP contribution >= 0.6 is 0 Å². The van der Waals surface area contributed by atoms with Gasteiger partial charge in [0.15, 0.2) is 5.82 Å². The highest BCUT2D eigenvalue weighted by molar-refractivity contribution is 5.93. The van der Waals surface area contributed by atoms with E-state index < -0.39 is 0 Å². The van der Waals surface area contributed by atoms with E-state index in [0.717, 1.165) is 16.8 Å². The van der Waals surface area contributed by atoms with E-state index >= 15 is 0 Å². The number of nitrogens with zero attached hydrogens (tertiary/aromatic N) is 4. The van der Waals surface area contributed by atoms with Gasteiger partial charge in [-0.2, -0.15) is 10.1 Å². The maximum Gasteiger partial charge on any atom is 0.244 e. The van der Waals surface area contributed by atoms with Crippen molar-refractivity contribution in [2.75, 3.05) is 12.1 Å². The van der Waals surface area contributed by atoms with Crippen LogP contribution in [0.2, 0.25) is 0 Å². The van der Waals surface area contributed by atoms with E-state index in [1.165, 1.54) is 25.3 Å². The second-order valence-electron chi connectivity index (χ2n) is 4.82. The molecule has 114 valence electrons. The van der Waals surface area contributed by atoms with Crippen LogP contribution in [0.1, 0.15) is 23.9 Å². The van der Waals surface area contributed by atoms with E-state index in [4.69, 9.17) is 4.74 Å². The average Bonchev–Trinajstić information content (AvgIpc) is 2.49. The molecule has 0 aliphatic carbocycles. The van der Waals surface area contributed by atoms with Crippen LogP contribution in [0.25, 0.3) is 0 Å². The summed E-state index contributed by atoms with van der Waals surface area (Å²) in [6, 6.07) is 7.46. The molecule has 0 saturated carbocycles. The first-order valence-corrected chi connectivity index (χ1v) is 6.80. The maximum atomic E-state index is 11.9. The summed E-state index contributed by atoms with van der Waals surface area (Å²) in [6.45, 7) is 5.40. The predicted octanol–water partition coefficient (Wildman–Crippen LogP) is 2.49. The highest BCUT2D eigenvalue weighted by Crippen LogP contribution is 2.21. The molecule has 0 aliphatic rings. The molecule has 0 atom stereocenters. The van der Waals surface area contributed by atoms with E-state index in [0.29, 0.717) is 11.7 Å². The van der Waals surface area contributed by atoms with Gasteiger partial charge in [-0.15, -0.1) is 0 Å². The quantitative estimate of drug-likeness (QED) is 0.642. The van der Waals surface area contributed by atoms with Crippen LogP contribution < -0.4 is 9.75 Å². The summed E-state index contributed by atoms with van der Waals surface area (Å²) in [5, 5.41) is 5.54. The van der Waals surface area contributed by atoms with Crippen LogP contribution in [0.3, 0.4) is 0 Å². The van der Waals surface area contributed by atoms with Crippen molar-refractivity contribution in [1.82, 2.24) is 9.97 Å². The van der Waals surface area contributed by atoms with Gasteiger partial charge in [0.05, 0.1) is 19.0 Å². The molecule has 1 heterocycles. The molecule has 1 amide bonds. The molecule has 0 bridgehead atoms. The molecular formula is C16H18N4O2. The van der Waals surface area contributed by atoms with Crippen molar-refractivity contribution in [3.8, 4) is 5.88 Å². The Bertz CT molecular complexity index is 713. The summed E-state index contributed by atoms with van der Waals surface area (Å²) >= 11 is 0. The van der Waals surface area contributed by atoms with Gasteiger partial charge in [0, 0.05) is 19.2 Å². The minimum absolute atomic E-state index is 0.189. The number of hydrazone groups is 1. The molecule has 0 unspecified atom stereocenters. The second kappa shape index (κ2) is 6.80. The second-order valence-corrected chi connectivity index (χ2v) is 4.82. The number of hydrogen-bond acceptors (Lipinski definition) is 5. The van der Waals surface area contributed by atoms with Crippen LogP contribution in [0.15, 0.2) is 35.6 Å². The number of benzene rings is 1. The molecule has 0 radical (unpaired) electrons. The molecule has 1 aromatic heterocycles. The molecule has 6 heteroatoms. The van der Waals surface area contributed by atoms with Crippen molar-refractivity contribution in [3.63, 3.8) is 0 Å². The van der Waals surface area contributed by atoms with Crippen LogP contribution in [-0.2, 0) is 4.79 Å². The lowest BCUT2D eigenvalue weighted by atomic mass is 10.1. The fourth-order valence-corrected chi connectivity index (χ4v) is 2.00. The first kappa shape index (κ1) is 15.6. The summed E-state index contributed by atoms with van der Waals surface area (Å²) < 4.78 is 5.03. The van der Waals surface area contributed by atoms with Crippen molar-refractivity contribution in [2.24, 2.45) is 5.10 Å². The number of aryl methyl sites for hydroxylation is 2. The average molecular weight is 298 g/mol. The van der Waals surface area contributed by atoms with E-state index in [-0.39, 0.29) is 5.91 Å². The number of amides is 1. The third kappa shape index (κ3) is 3.66. The smallest absolute Gasteiger partial charge is 0.244 e. The van der Waals surface area contributed by atoms with Gasteiger partial charge < -0.3 is 4.74 Å². The Balaban J connectivity index is 2.32. The van der Waals surface area contributed by atoms with Crippen LogP contribution in [0.5, 0.6) is 5.88 Å². The first-order valence-electron chi connectivity index (χ1n) is 6.80. The molecule has 0 aliphatic heterocycles. The van der Waals surface area contributed by atoms with Crippen molar-refractivity contribution >= 4 is 17.8 Å². The summed E-state index contributed by atoms with van der Waals surface area (Å²) in [5.41, 5.74) is 2.83. The summed E-state index contributed by atoms with van der Waals surface area (Å²) in [5.74, 6) is 0.624. The highest BCUT2D eigenvalue weighted by Gasteiger charge is 2.12. The molecule has 0 N–H and O–H groups in total. The van der Waals surface area contributed by atoms with Crippen molar-refractivity contribution < 1.29 is 9.53 Å². The fraction of sp³-hybridized carbons (Fsp3) is 0.250. The molecule has 22 heavy (non-hydrogen) atoms. The number of ether oxygens (including phenoxy) is 1. The zero-order chi connectivity index (χ0) is 16.1. The third-order valence-corrected chi connectivity index (χ3v) is 3.03.